The molecule has 1 atom stereocenters. The molecule has 0 radical (unpaired) electrons. The van der Waals surface area contributed by atoms with E-state index < -0.39 is 0 Å². The van der Waals surface area contributed by atoms with Gasteiger partial charge in [0, 0.05) is 19.8 Å². The monoisotopic (exact) mass is 252 g/mol. The number of nitriles is 1. The summed E-state index contributed by atoms with van der Waals surface area (Å²) in [7, 11) is 1.93. The van der Waals surface area contributed by atoms with Gasteiger partial charge >= 0.3 is 0 Å². The molecular formula is C15H16N4. The molecule has 0 amide bonds. The van der Waals surface area contributed by atoms with E-state index in [2.05, 4.69) is 11.1 Å². The quantitative estimate of drug-likeness (QED) is 0.904. The molecule has 4 nitrogen and oxygen atoms in total. The predicted molar refractivity (Wildman–Crippen MR) is 75.6 cm³/mol. The molecular weight excluding hydrogens is 236 g/mol. The Balaban J connectivity index is 2.37. The first kappa shape index (κ1) is 13.1. The van der Waals surface area contributed by atoms with Gasteiger partial charge in [0.2, 0.25) is 0 Å². The minimum absolute atomic E-state index is 0.0456. The SMILES string of the molecule is CN(c1ccccc1C#N)C(CN)c1ccccn1. The van der Waals surface area contributed by atoms with Gasteiger partial charge in [-0.2, -0.15) is 5.26 Å². The molecule has 0 aliphatic rings. The van der Waals surface area contributed by atoms with Gasteiger partial charge in [0.25, 0.3) is 0 Å². The molecule has 1 aromatic heterocycles. The Hall–Kier alpha value is -2.38. The normalized spacial score (nSPS) is 11.6. The molecule has 4 heteroatoms. The van der Waals surface area contributed by atoms with Crippen molar-refractivity contribution in [3.8, 4) is 6.07 Å². The summed E-state index contributed by atoms with van der Waals surface area (Å²) in [6.45, 7) is 0.438. The maximum atomic E-state index is 9.17. The van der Waals surface area contributed by atoms with Gasteiger partial charge in [0.05, 0.1) is 23.0 Å². The third kappa shape index (κ3) is 2.72. The van der Waals surface area contributed by atoms with Crippen LogP contribution in [0.4, 0.5) is 5.69 Å². The van der Waals surface area contributed by atoms with Gasteiger partial charge in [-0.1, -0.05) is 18.2 Å². The van der Waals surface area contributed by atoms with Crippen LogP contribution in [0.1, 0.15) is 17.3 Å². The van der Waals surface area contributed by atoms with Gasteiger partial charge < -0.3 is 10.6 Å². The van der Waals surface area contributed by atoms with Crippen molar-refractivity contribution in [2.45, 2.75) is 6.04 Å². The zero-order valence-electron chi connectivity index (χ0n) is 10.8. The Bertz CT molecular complexity index is 574. The third-order valence-electron chi connectivity index (χ3n) is 3.12. The zero-order valence-corrected chi connectivity index (χ0v) is 10.8. The molecule has 0 aliphatic carbocycles. The van der Waals surface area contributed by atoms with Crippen LogP contribution in [0.2, 0.25) is 0 Å². The fourth-order valence-corrected chi connectivity index (χ4v) is 2.09. The smallest absolute Gasteiger partial charge is 0.101 e. The number of anilines is 1. The molecule has 0 fully saturated rings. The summed E-state index contributed by atoms with van der Waals surface area (Å²) in [5, 5.41) is 9.17. The second-order valence-corrected chi connectivity index (χ2v) is 4.25. The molecule has 0 spiro atoms. The lowest BCUT2D eigenvalue weighted by molar-refractivity contribution is 0.660. The fourth-order valence-electron chi connectivity index (χ4n) is 2.09. The van der Waals surface area contributed by atoms with E-state index in [1.807, 2.05) is 48.3 Å². The van der Waals surface area contributed by atoms with Crippen molar-refractivity contribution < 1.29 is 0 Å². The summed E-state index contributed by atoms with van der Waals surface area (Å²) < 4.78 is 0. The van der Waals surface area contributed by atoms with Crippen molar-refractivity contribution >= 4 is 5.69 Å². The first-order valence-corrected chi connectivity index (χ1v) is 6.11. The molecule has 2 aromatic rings. The van der Waals surface area contributed by atoms with Crippen LogP contribution in [0.25, 0.3) is 0 Å². The van der Waals surface area contributed by atoms with Gasteiger partial charge in [-0.15, -0.1) is 0 Å². The Morgan fingerprint density at radius 2 is 2.00 bits per heavy atom. The van der Waals surface area contributed by atoms with Gasteiger partial charge in [0.15, 0.2) is 0 Å². The Morgan fingerprint density at radius 1 is 1.26 bits per heavy atom. The van der Waals surface area contributed by atoms with Crippen LogP contribution in [0.15, 0.2) is 48.7 Å². The Labute approximate surface area is 113 Å². The van der Waals surface area contributed by atoms with Crippen LogP contribution in [0.3, 0.4) is 0 Å². The fraction of sp³-hybridized carbons (Fsp3) is 0.200. The van der Waals surface area contributed by atoms with E-state index in [0.717, 1.165) is 11.4 Å². The van der Waals surface area contributed by atoms with Crippen molar-refractivity contribution in [1.29, 1.82) is 5.26 Å². The van der Waals surface area contributed by atoms with E-state index in [0.29, 0.717) is 12.1 Å². The van der Waals surface area contributed by atoms with Crippen molar-refractivity contribution in [2.24, 2.45) is 5.73 Å². The largest absolute Gasteiger partial charge is 0.364 e. The average Bonchev–Trinajstić information content (AvgIpc) is 2.49. The van der Waals surface area contributed by atoms with E-state index in [-0.39, 0.29) is 6.04 Å². The van der Waals surface area contributed by atoms with Crippen molar-refractivity contribution in [1.82, 2.24) is 4.98 Å². The van der Waals surface area contributed by atoms with E-state index >= 15 is 0 Å². The van der Waals surface area contributed by atoms with Gasteiger partial charge in [0.1, 0.15) is 6.07 Å². The maximum Gasteiger partial charge on any atom is 0.101 e. The molecule has 96 valence electrons. The minimum atomic E-state index is -0.0456. The number of pyridine rings is 1. The molecule has 0 aliphatic heterocycles. The first-order valence-electron chi connectivity index (χ1n) is 6.11. The van der Waals surface area contributed by atoms with E-state index in [1.54, 1.807) is 12.3 Å². The number of nitrogens with two attached hydrogens (primary N) is 1. The number of likely N-dealkylation sites (N-methyl/N-ethyl adjacent to an activating group) is 1. The lowest BCUT2D eigenvalue weighted by Gasteiger charge is -2.29. The van der Waals surface area contributed by atoms with Gasteiger partial charge in [-0.3, -0.25) is 4.98 Å². The van der Waals surface area contributed by atoms with Crippen LogP contribution in [0, 0.1) is 11.3 Å². The van der Waals surface area contributed by atoms with Crippen LogP contribution < -0.4 is 10.6 Å². The molecule has 1 aromatic carbocycles. The van der Waals surface area contributed by atoms with Crippen LogP contribution in [-0.4, -0.2) is 18.6 Å². The Morgan fingerprint density at radius 3 is 2.63 bits per heavy atom. The van der Waals surface area contributed by atoms with Gasteiger partial charge in [-0.25, -0.2) is 0 Å². The topological polar surface area (TPSA) is 65.9 Å². The highest BCUT2D eigenvalue weighted by atomic mass is 15.2. The highest BCUT2D eigenvalue weighted by Gasteiger charge is 2.18. The number of aromatic nitrogens is 1. The van der Waals surface area contributed by atoms with Crippen molar-refractivity contribution in [3.05, 3.63) is 59.9 Å². The molecule has 1 heterocycles. The summed E-state index contributed by atoms with van der Waals surface area (Å²) in [6.07, 6.45) is 1.75. The molecule has 2 rings (SSSR count). The highest BCUT2D eigenvalue weighted by molar-refractivity contribution is 5.59. The van der Waals surface area contributed by atoms with Gasteiger partial charge in [-0.05, 0) is 24.3 Å². The molecule has 0 saturated heterocycles. The zero-order chi connectivity index (χ0) is 13.7. The molecule has 0 bridgehead atoms. The van der Waals surface area contributed by atoms with Crippen LogP contribution in [-0.2, 0) is 0 Å². The van der Waals surface area contributed by atoms with E-state index in [4.69, 9.17) is 11.0 Å². The highest BCUT2D eigenvalue weighted by Crippen LogP contribution is 2.26. The third-order valence-corrected chi connectivity index (χ3v) is 3.12. The summed E-state index contributed by atoms with van der Waals surface area (Å²) in [5.41, 5.74) is 8.28. The molecule has 0 saturated carbocycles. The van der Waals surface area contributed by atoms with Crippen molar-refractivity contribution in [3.63, 3.8) is 0 Å². The number of hydrogen-bond acceptors (Lipinski definition) is 4. The summed E-state index contributed by atoms with van der Waals surface area (Å²) in [6, 6.07) is 15.4. The summed E-state index contributed by atoms with van der Waals surface area (Å²) in [4.78, 5) is 6.35. The van der Waals surface area contributed by atoms with Crippen molar-refractivity contribution in [2.75, 3.05) is 18.5 Å². The number of rotatable bonds is 4. The second kappa shape index (κ2) is 5.98. The lowest BCUT2D eigenvalue weighted by Crippen LogP contribution is -2.31. The molecule has 19 heavy (non-hydrogen) atoms. The number of nitrogens with zero attached hydrogens (tertiary/aromatic N) is 3. The summed E-state index contributed by atoms with van der Waals surface area (Å²) in [5.74, 6) is 0. The average molecular weight is 252 g/mol. The van der Waals surface area contributed by atoms with E-state index in [1.165, 1.54) is 0 Å². The van der Waals surface area contributed by atoms with E-state index in [9.17, 15) is 0 Å². The van der Waals surface area contributed by atoms with Crippen LogP contribution in [0.5, 0.6) is 0 Å². The predicted octanol–water partition coefficient (Wildman–Crippen LogP) is 2.09. The summed E-state index contributed by atoms with van der Waals surface area (Å²) >= 11 is 0. The molecule has 2 N–H and O–H groups in total. The number of para-hydroxylation sites is 1. The van der Waals surface area contributed by atoms with Crippen LogP contribution >= 0.6 is 0 Å². The number of hydrogen-bond donors (Lipinski definition) is 1. The second-order valence-electron chi connectivity index (χ2n) is 4.25. The molecule has 1 unspecified atom stereocenters. The maximum absolute atomic E-state index is 9.17. The lowest BCUT2D eigenvalue weighted by atomic mass is 10.1. The Kier molecular flexibility index (Phi) is 4.11. The first-order chi connectivity index (χ1) is 9.27. The number of benzene rings is 1. The minimum Gasteiger partial charge on any atom is -0.364 e. The standard InChI is InChI=1S/C15H16N4/c1-19(14-8-3-2-6-12(14)10-16)15(11-17)13-7-4-5-9-18-13/h2-9,15H,11,17H2,1H3.